The Bertz CT molecular complexity index is 687. The number of pyridine rings is 1. The first-order valence-electron chi connectivity index (χ1n) is 6.94. The SMILES string of the molecule is C=C/C=c1/c(=O)c(C(=O)OCC)cn(CCNC)/c1=C/C. The van der Waals surface area contributed by atoms with Crippen molar-refractivity contribution in [3.8, 4) is 0 Å². The molecule has 0 amide bonds. The summed E-state index contributed by atoms with van der Waals surface area (Å²) in [6.45, 7) is 8.79. The van der Waals surface area contributed by atoms with Gasteiger partial charge in [-0.1, -0.05) is 18.7 Å². The highest BCUT2D eigenvalue weighted by molar-refractivity contribution is 5.89. The summed E-state index contributed by atoms with van der Waals surface area (Å²) in [4.78, 5) is 24.4. The van der Waals surface area contributed by atoms with Gasteiger partial charge in [-0.3, -0.25) is 4.79 Å². The average molecular weight is 290 g/mol. The van der Waals surface area contributed by atoms with Crippen molar-refractivity contribution in [2.75, 3.05) is 20.2 Å². The lowest BCUT2D eigenvalue weighted by Gasteiger charge is -2.11. The molecule has 21 heavy (non-hydrogen) atoms. The Labute approximate surface area is 124 Å². The van der Waals surface area contributed by atoms with Crippen LogP contribution in [0.15, 0.2) is 23.6 Å². The Balaban J connectivity index is 3.66. The molecule has 5 heteroatoms. The number of likely N-dealkylation sites (N-methyl/N-ethyl adjacent to an activating group) is 1. The van der Waals surface area contributed by atoms with Crippen LogP contribution in [-0.2, 0) is 11.3 Å². The summed E-state index contributed by atoms with van der Waals surface area (Å²) in [5.41, 5.74) is -0.284. The third kappa shape index (κ3) is 3.92. The summed E-state index contributed by atoms with van der Waals surface area (Å²) in [5, 5.41) is 4.27. The molecule has 0 bridgehead atoms. The molecule has 0 saturated carbocycles. The first-order valence-corrected chi connectivity index (χ1v) is 6.94. The van der Waals surface area contributed by atoms with Gasteiger partial charge in [0.25, 0.3) is 0 Å². The largest absolute Gasteiger partial charge is 0.462 e. The number of aromatic nitrogens is 1. The van der Waals surface area contributed by atoms with E-state index < -0.39 is 5.97 Å². The molecule has 0 fully saturated rings. The van der Waals surface area contributed by atoms with Crippen molar-refractivity contribution < 1.29 is 9.53 Å². The highest BCUT2D eigenvalue weighted by Gasteiger charge is 2.14. The van der Waals surface area contributed by atoms with Gasteiger partial charge in [0, 0.05) is 29.9 Å². The van der Waals surface area contributed by atoms with Gasteiger partial charge in [-0.2, -0.15) is 0 Å². The van der Waals surface area contributed by atoms with Gasteiger partial charge in [-0.05, 0) is 27.0 Å². The van der Waals surface area contributed by atoms with Crippen LogP contribution < -0.4 is 21.3 Å². The number of ether oxygens (including phenoxy) is 1. The van der Waals surface area contributed by atoms with Crippen LogP contribution in [0.4, 0.5) is 0 Å². The molecule has 114 valence electrons. The Morgan fingerprint density at radius 2 is 2.24 bits per heavy atom. The van der Waals surface area contributed by atoms with Crippen LogP contribution in [0.2, 0.25) is 0 Å². The number of hydrogen-bond donors (Lipinski definition) is 1. The normalized spacial score (nSPS) is 12.5. The zero-order valence-electron chi connectivity index (χ0n) is 12.8. The van der Waals surface area contributed by atoms with Gasteiger partial charge in [-0.15, -0.1) is 0 Å². The van der Waals surface area contributed by atoms with Gasteiger partial charge >= 0.3 is 5.97 Å². The average Bonchev–Trinajstić information content (AvgIpc) is 2.47. The van der Waals surface area contributed by atoms with E-state index in [2.05, 4.69) is 11.9 Å². The summed E-state index contributed by atoms with van der Waals surface area (Å²) in [5.74, 6) is -0.595. The third-order valence-electron chi connectivity index (χ3n) is 3.02. The van der Waals surface area contributed by atoms with E-state index in [1.807, 2.05) is 24.6 Å². The van der Waals surface area contributed by atoms with Crippen molar-refractivity contribution in [2.45, 2.75) is 20.4 Å². The van der Waals surface area contributed by atoms with Crippen LogP contribution in [0, 0.1) is 0 Å². The number of carbonyl (C=O) groups excluding carboxylic acids is 1. The summed E-state index contributed by atoms with van der Waals surface area (Å²) in [7, 11) is 1.85. The van der Waals surface area contributed by atoms with Gasteiger partial charge in [0.15, 0.2) is 0 Å². The summed E-state index contributed by atoms with van der Waals surface area (Å²) in [6, 6.07) is 0. The number of carbonyl (C=O) groups is 1. The summed E-state index contributed by atoms with van der Waals surface area (Å²) >= 11 is 0. The van der Waals surface area contributed by atoms with E-state index in [0.29, 0.717) is 11.8 Å². The Morgan fingerprint density at radius 3 is 2.76 bits per heavy atom. The molecule has 1 rings (SSSR count). The first-order chi connectivity index (χ1) is 10.1. The van der Waals surface area contributed by atoms with E-state index in [0.717, 1.165) is 11.9 Å². The summed E-state index contributed by atoms with van der Waals surface area (Å²) < 4.78 is 6.83. The molecule has 1 aromatic rings. The lowest BCUT2D eigenvalue weighted by atomic mass is 10.2. The number of nitrogens with zero attached hydrogens (tertiary/aromatic N) is 1. The molecule has 0 aliphatic carbocycles. The second kappa shape index (κ2) is 8.21. The molecule has 0 atom stereocenters. The van der Waals surface area contributed by atoms with Crippen LogP contribution in [0.25, 0.3) is 12.2 Å². The highest BCUT2D eigenvalue weighted by Crippen LogP contribution is 1.93. The predicted octanol–water partition coefficient (Wildman–Crippen LogP) is 0.0113. The lowest BCUT2D eigenvalue weighted by molar-refractivity contribution is 0.0523. The van der Waals surface area contributed by atoms with Crippen molar-refractivity contribution in [1.29, 1.82) is 0 Å². The molecule has 0 aliphatic heterocycles. The fourth-order valence-electron chi connectivity index (χ4n) is 2.07. The van der Waals surface area contributed by atoms with E-state index in [1.165, 1.54) is 0 Å². The molecular formula is C16H22N2O3. The van der Waals surface area contributed by atoms with Crippen LogP contribution >= 0.6 is 0 Å². The van der Waals surface area contributed by atoms with Gasteiger partial charge in [0.05, 0.1) is 6.61 Å². The Hall–Kier alpha value is -2.14. The molecule has 0 unspecified atom stereocenters. The number of rotatable bonds is 6. The van der Waals surface area contributed by atoms with Gasteiger partial charge < -0.3 is 14.6 Å². The van der Waals surface area contributed by atoms with Crippen molar-refractivity contribution in [3.63, 3.8) is 0 Å². The summed E-state index contributed by atoms with van der Waals surface area (Å²) in [6.07, 6.45) is 6.58. The maximum atomic E-state index is 12.5. The maximum Gasteiger partial charge on any atom is 0.343 e. The molecule has 1 heterocycles. The molecule has 1 aromatic heterocycles. The topological polar surface area (TPSA) is 60.3 Å². The maximum absolute atomic E-state index is 12.5. The smallest absolute Gasteiger partial charge is 0.343 e. The number of esters is 1. The van der Waals surface area contributed by atoms with Crippen LogP contribution in [0.5, 0.6) is 0 Å². The molecular weight excluding hydrogens is 268 g/mol. The quantitative estimate of drug-likeness (QED) is 0.750. The second-order valence-electron chi connectivity index (χ2n) is 4.38. The van der Waals surface area contributed by atoms with Crippen LogP contribution in [-0.4, -0.2) is 30.7 Å². The second-order valence-corrected chi connectivity index (χ2v) is 4.38. The van der Waals surface area contributed by atoms with Crippen LogP contribution in [0.3, 0.4) is 0 Å². The fourth-order valence-corrected chi connectivity index (χ4v) is 2.07. The molecule has 0 aromatic carbocycles. The van der Waals surface area contributed by atoms with E-state index in [4.69, 9.17) is 4.74 Å². The van der Waals surface area contributed by atoms with Crippen molar-refractivity contribution in [2.24, 2.45) is 0 Å². The van der Waals surface area contributed by atoms with Crippen molar-refractivity contribution >= 4 is 18.1 Å². The minimum Gasteiger partial charge on any atom is -0.462 e. The highest BCUT2D eigenvalue weighted by atomic mass is 16.5. The van der Waals surface area contributed by atoms with E-state index in [1.54, 1.807) is 25.3 Å². The van der Waals surface area contributed by atoms with E-state index in [-0.39, 0.29) is 17.6 Å². The molecule has 1 N–H and O–H groups in total. The Morgan fingerprint density at radius 1 is 1.52 bits per heavy atom. The number of nitrogens with one attached hydrogen (secondary N) is 1. The molecule has 0 radical (unpaired) electrons. The molecule has 0 aliphatic rings. The van der Waals surface area contributed by atoms with E-state index in [9.17, 15) is 9.59 Å². The first kappa shape index (κ1) is 16.9. The molecule has 5 nitrogen and oxygen atoms in total. The minimum atomic E-state index is -0.595. The van der Waals surface area contributed by atoms with E-state index >= 15 is 0 Å². The minimum absolute atomic E-state index is 0.0478. The van der Waals surface area contributed by atoms with Crippen LogP contribution in [0.1, 0.15) is 24.2 Å². The zero-order chi connectivity index (χ0) is 15.8. The number of allylic oxidation sites excluding steroid dienone is 1. The van der Waals surface area contributed by atoms with Crippen molar-refractivity contribution in [3.05, 3.63) is 45.2 Å². The van der Waals surface area contributed by atoms with Crippen molar-refractivity contribution in [1.82, 2.24) is 9.88 Å². The fraction of sp³-hybridized carbons (Fsp3) is 0.375. The predicted molar refractivity (Wildman–Crippen MR) is 84.6 cm³/mol. The van der Waals surface area contributed by atoms with Gasteiger partial charge in [0.2, 0.25) is 5.43 Å². The monoisotopic (exact) mass is 290 g/mol. The standard InChI is InChI=1S/C16H22N2O3/c1-5-8-12-14(6-2)18(10-9-17-4)11-13(15(12)19)16(20)21-7-3/h5-6,8,11,17H,1,7,9-10H2,2-4H3/b12-8+,14-6+. The molecule has 0 spiro atoms. The number of hydrogen-bond acceptors (Lipinski definition) is 4. The molecule has 0 saturated heterocycles. The third-order valence-corrected chi connectivity index (χ3v) is 3.02. The van der Waals surface area contributed by atoms with Gasteiger partial charge in [-0.25, -0.2) is 4.79 Å². The zero-order valence-corrected chi connectivity index (χ0v) is 12.8. The lowest BCUT2D eigenvalue weighted by Crippen LogP contribution is -2.48. The van der Waals surface area contributed by atoms with Gasteiger partial charge in [0.1, 0.15) is 5.56 Å². The Kier molecular flexibility index (Phi) is 6.62.